The molecule has 1 amide bonds. The first-order valence-corrected chi connectivity index (χ1v) is 13.0. The number of carbonyl (C=O) groups excluding carboxylic acids is 1. The van der Waals surface area contributed by atoms with Gasteiger partial charge in [0.15, 0.2) is 0 Å². The predicted molar refractivity (Wildman–Crippen MR) is 146 cm³/mol. The van der Waals surface area contributed by atoms with Crippen LogP contribution in [0.3, 0.4) is 0 Å². The molecule has 0 bridgehead atoms. The summed E-state index contributed by atoms with van der Waals surface area (Å²) in [7, 11) is 1.59. The van der Waals surface area contributed by atoms with E-state index in [4.69, 9.17) is 5.73 Å². The number of hydrogen-bond donors (Lipinski definition) is 3. The molecule has 0 saturated carbocycles. The number of anilines is 1. The van der Waals surface area contributed by atoms with Gasteiger partial charge in [0, 0.05) is 92.3 Å². The molecule has 1 aromatic carbocycles. The number of aliphatic imine (C=N–C) groups is 1. The van der Waals surface area contributed by atoms with Gasteiger partial charge < -0.3 is 26.2 Å². The van der Waals surface area contributed by atoms with Crippen LogP contribution in [0, 0.1) is 0 Å². The molecule has 0 atom stereocenters. The number of halogens is 2. The maximum absolute atomic E-state index is 14.3. The summed E-state index contributed by atoms with van der Waals surface area (Å²) in [6.07, 6.45) is 4.59. The van der Waals surface area contributed by atoms with Crippen LogP contribution in [0.2, 0.25) is 0 Å². The zero-order valence-electron chi connectivity index (χ0n) is 21.8. The van der Waals surface area contributed by atoms with Crippen molar-refractivity contribution in [2.45, 2.75) is 51.5 Å². The summed E-state index contributed by atoms with van der Waals surface area (Å²) < 4.78 is 28.5. The van der Waals surface area contributed by atoms with Crippen molar-refractivity contribution < 1.29 is 13.6 Å². The molecule has 7 nitrogen and oxygen atoms in total. The van der Waals surface area contributed by atoms with Crippen LogP contribution < -0.4 is 21.3 Å². The van der Waals surface area contributed by atoms with Crippen LogP contribution in [-0.4, -0.2) is 62.8 Å². The van der Waals surface area contributed by atoms with Gasteiger partial charge in [0.25, 0.3) is 6.43 Å². The fourth-order valence-electron chi connectivity index (χ4n) is 5.53. The third kappa shape index (κ3) is 5.87. The number of nitrogens with one attached hydrogen (secondary N) is 2. The lowest BCUT2D eigenvalue weighted by molar-refractivity contribution is -0.128. The molecular weight excluding hydrogens is 474 g/mol. The minimum Gasteiger partial charge on any atom is -0.404 e. The molecule has 0 radical (unpaired) electrons. The number of nitrogens with zero attached hydrogens (tertiary/aromatic N) is 3. The van der Waals surface area contributed by atoms with Crippen molar-refractivity contribution in [3.8, 4) is 0 Å². The minimum atomic E-state index is -2.67. The lowest BCUT2D eigenvalue weighted by Gasteiger charge is -2.39. The topological polar surface area (TPSA) is 86.0 Å². The zero-order valence-corrected chi connectivity index (χ0v) is 21.8. The molecule has 3 aliphatic heterocycles. The Bertz CT molecular complexity index is 1120. The van der Waals surface area contributed by atoms with Crippen molar-refractivity contribution in [2.75, 3.05) is 44.7 Å². The Morgan fingerprint density at radius 2 is 2.03 bits per heavy atom. The van der Waals surface area contributed by atoms with Gasteiger partial charge in [-0.05, 0) is 62.0 Å². The van der Waals surface area contributed by atoms with Gasteiger partial charge in [-0.2, -0.15) is 0 Å². The number of rotatable bonds is 7. The van der Waals surface area contributed by atoms with E-state index in [1.165, 1.54) is 12.4 Å². The Hall–Kier alpha value is -3.20. The quantitative estimate of drug-likeness (QED) is 0.485. The Labute approximate surface area is 218 Å². The number of nitrogens with two attached hydrogens (primary N) is 1. The standard InChI is InChI=1S/C28H38F2N6O/c1-18(25-17-35(19(2)37)12-8-26(25)34-22-6-9-33-10-7-22)36-11-4-5-20-13-23(21(15-31)16-32-3)24(28(29)30)14-27(20)36/h13-16,22,28,33-34H,1,4-12,17,31H2,2-3H3. The monoisotopic (exact) mass is 512 g/mol. The van der Waals surface area contributed by atoms with Gasteiger partial charge in [0.1, 0.15) is 0 Å². The van der Waals surface area contributed by atoms with E-state index in [0.717, 1.165) is 73.4 Å². The lowest BCUT2D eigenvalue weighted by Crippen LogP contribution is -2.45. The van der Waals surface area contributed by atoms with Crippen LogP contribution >= 0.6 is 0 Å². The molecule has 3 aliphatic rings. The molecule has 1 saturated heterocycles. The van der Waals surface area contributed by atoms with Gasteiger partial charge in [0.05, 0.1) is 0 Å². The summed E-state index contributed by atoms with van der Waals surface area (Å²) in [5, 5.41) is 7.14. The SMILES string of the molecule is C=C(C1=C(NC2CCNCC2)CCN(C(C)=O)C1)N1CCCc2cc(C(C=NC)=CN)c(C(F)F)cc21. The fraction of sp³-hybridized carbons (Fsp3) is 0.500. The first-order valence-electron chi connectivity index (χ1n) is 13.0. The van der Waals surface area contributed by atoms with E-state index in [1.54, 1.807) is 20.0 Å². The molecule has 9 heteroatoms. The van der Waals surface area contributed by atoms with Gasteiger partial charge in [-0.25, -0.2) is 8.78 Å². The van der Waals surface area contributed by atoms with Gasteiger partial charge in [-0.1, -0.05) is 6.58 Å². The molecule has 3 heterocycles. The third-order valence-corrected chi connectivity index (χ3v) is 7.55. The Kier molecular flexibility index (Phi) is 8.63. The summed E-state index contributed by atoms with van der Waals surface area (Å²) in [5.41, 5.74) is 11.1. The highest BCUT2D eigenvalue weighted by Gasteiger charge is 2.30. The predicted octanol–water partition coefficient (Wildman–Crippen LogP) is 3.74. The molecule has 37 heavy (non-hydrogen) atoms. The summed E-state index contributed by atoms with van der Waals surface area (Å²) in [6.45, 7) is 9.77. The molecule has 0 unspecified atom stereocenters. The number of benzene rings is 1. The number of piperidine rings is 1. The Morgan fingerprint density at radius 1 is 1.27 bits per heavy atom. The second-order valence-electron chi connectivity index (χ2n) is 9.90. The number of aryl methyl sites for hydroxylation is 1. The van der Waals surface area contributed by atoms with Gasteiger partial charge >= 0.3 is 0 Å². The molecule has 0 aliphatic carbocycles. The van der Waals surface area contributed by atoms with E-state index in [2.05, 4.69) is 27.1 Å². The smallest absolute Gasteiger partial charge is 0.264 e. The van der Waals surface area contributed by atoms with Crippen LogP contribution in [0.4, 0.5) is 14.5 Å². The van der Waals surface area contributed by atoms with Gasteiger partial charge in [0.2, 0.25) is 5.91 Å². The molecule has 1 fully saturated rings. The van der Waals surface area contributed by atoms with Crippen LogP contribution in [0.1, 0.15) is 55.7 Å². The maximum atomic E-state index is 14.3. The number of amides is 1. The van der Waals surface area contributed by atoms with E-state index in [0.29, 0.717) is 36.8 Å². The molecule has 4 N–H and O–H groups in total. The fourth-order valence-corrected chi connectivity index (χ4v) is 5.53. The van der Waals surface area contributed by atoms with E-state index in [9.17, 15) is 13.6 Å². The highest BCUT2D eigenvalue weighted by molar-refractivity contribution is 6.10. The zero-order chi connectivity index (χ0) is 26.5. The average Bonchev–Trinajstić information content (AvgIpc) is 2.90. The van der Waals surface area contributed by atoms with Crippen LogP contribution in [0.25, 0.3) is 5.57 Å². The second-order valence-corrected chi connectivity index (χ2v) is 9.90. The first kappa shape index (κ1) is 26.9. The Morgan fingerprint density at radius 3 is 2.68 bits per heavy atom. The van der Waals surface area contributed by atoms with Gasteiger partial charge in [-0.3, -0.25) is 9.79 Å². The maximum Gasteiger partial charge on any atom is 0.264 e. The van der Waals surface area contributed by atoms with Crippen LogP contribution in [-0.2, 0) is 11.2 Å². The highest BCUT2D eigenvalue weighted by Crippen LogP contribution is 2.39. The van der Waals surface area contributed by atoms with Crippen molar-refractivity contribution in [3.63, 3.8) is 0 Å². The van der Waals surface area contributed by atoms with Crippen LogP contribution in [0.5, 0.6) is 0 Å². The number of carbonyl (C=O) groups is 1. The third-order valence-electron chi connectivity index (χ3n) is 7.55. The van der Waals surface area contributed by atoms with E-state index in [-0.39, 0.29) is 11.5 Å². The average molecular weight is 513 g/mol. The highest BCUT2D eigenvalue weighted by atomic mass is 19.3. The normalized spacial score (nSPS) is 19.5. The number of alkyl halides is 2. The van der Waals surface area contributed by atoms with E-state index < -0.39 is 6.43 Å². The molecule has 0 aromatic heterocycles. The number of hydrogen-bond acceptors (Lipinski definition) is 6. The largest absolute Gasteiger partial charge is 0.404 e. The van der Waals surface area contributed by atoms with Crippen molar-refractivity contribution >= 4 is 23.4 Å². The summed E-state index contributed by atoms with van der Waals surface area (Å²) in [5.74, 6) is 0.0218. The minimum absolute atomic E-state index is 0.0218. The van der Waals surface area contributed by atoms with Crippen molar-refractivity contribution in [2.24, 2.45) is 10.7 Å². The number of fused-ring (bicyclic) bond motifs is 1. The van der Waals surface area contributed by atoms with Crippen molar-refractivity contribution in [3.05, 3.63) is 58.6 Å². The van der Waals surface area contributed by atoms with Crippen molar-refractivity contribution in [1.29, 1.82) is 0 Å². The van der Waals surface area contributed by atoms with E-state index in [1.807, 2.05) is 11.0 Å². The molecule has 0 spiro atoms. The summed E-state index contributed by atoms with van der Waals surface area (Å²) >= 11 is 0. The van der Waals surface area contributed by atoms with Gasteiger partial charge in [-0.15, -0.1) is 0 Å². The Balaban J connectivity index is 1.73. The second kappa shape index (κ2) is 11.9. The molecule has 1 aromatic rings. The molecular formula is C28H38F2N6O. The lowest BCUT2D eigenvalue weighted by atomic mass is 9.91. The van der Waals surface area contributed by atoms with E-state index >= 15 is 0 Å². The molecule has 4 rings (SSSR count). The molecule has 200 valence electrons. The summed E-state index contributed by atoms with van der Waals surface area (Å²) in [6, 6.07) is 3.77. The first-order chi connectivity index (χ1) is 17.8. The van der Waals surface area contributed by atoms with Crippen molar-refractivity contribution in [1.82, 2.24) is 15.5 Å². The summed E-state index contributed by atoms with van der Waals surface area (Å²) in [4.78, 5) is 20.1. The number of allylic oxidation sites excluding steroid dienone is 1. The van der Waals surface area contributed by atoms with Crippen LogP contribution in [0.15, 0.2) is 46.9 Å².